The van der Waals surface area contributed by atoms with Crippen molar-refractivity contribution in [2.45, 2.75) is 64.0 Å². The summed E-state index contributed by atoms with van der Waals surface area (Å²) in [6.07, 6.45) is 8.23. The van der Waals surface area contributed by atoms with Crippen LogP contribution in [-0.4, -0.2) is 47.2 Å². The molecule has 1 amide bonds. The zero-order valence-corrected chi connectivity index (χ0v) is 19.6. The van der Waals surface area contributed by atoms with E-state index in [2.05, 4.69) is 46.0 Å². The topological polar surface area (TPSA) is 46.5 Å². The van der Waals surface area contributed by atoms with Gasteiger partial charge < -0.3 is 19.5 Å². The number of hydrogen-bond donors (Lipinski definition) is 1. The van der Waals surface area contributed by atoms with Gasteiger partial charge in [0.05, 0.1) is 12.1 Å². The number of nitrogens with zero attached hydrogens (tertiary/aromatic N) is 2. The number of carbonyl (C=O) groups excluding carboxylic acids is 1. The van der Waals surface area contributed by atoms with Gasteiger partial charge in [-0.2, -0.15) is 0 Å². The molecule has 1 aliphatic carbocycles. The molecule has 33 heavy (non-hydrogen) atoms. The Bertz CT molecular complexity index is 1080. The van der Waals surface area contributed by atoms with E-state index >= 15 is 0 Å². The number of benzene rings is 2. The Balaban J connectivity index is 1.29. The van der Waals surface area contributed by atoms with E-state index in [1.165, 1.54) is 32.2 Å². The quantitative estimate of drug-likeness (QED) is 0.462. The van der Waals surface area contributed by atoms with Crippen molar-refractivity contribution < 1.29 is 9.53 Å². The van der Waals surface area contributed by atoms with Gasteiger partial charge in [0.15, 0.2) is 0 Å². The van der Waals surface area contributed by atoms with Gasteiger partial charge in [0.2, 0.25) is 0 Å². The van der Waals surface area contributed by atoms with Gasteiger partial charge in [-0.15, -0.1) is 0 Å². The second-order valence-corrected chi connectivity index (χ2v) is 9.60. The number of hydrogen-bond acceptors (Lipinski definition) is 3. The van der Waals surface area contributed by atoms with Crippen LogP contribution in [-0.2, 0) is 0 Å². The highest BCUT2D eigenvalue weighted by molar-refractivity contribution is 6.00. The summed E-state index contributed by atoms with van der Waals surface area (Å²) >= 11 is 0. The predicted molar refractivity (Wildman–Crippen MR) is 133 cm³/mol. The second-order valence-electron chi connectivity index (χ2n) is 9.60. The molecule has 5 rings (SSSR count). The molecule has 2 aliphatic rings. The molecule has 1 N–H and O–H groups in total. The van der Waals surface area contributed by atoms with Crippen LogP contribution in [0.3, 0.4) is 0 Å². The van der Waals surface area contributed by atoms with Crippen LogP contribution >= 0.6 is 0 Å². The zero-order valence-electron chi connectivity index (χ0n) is 19.6. The number of rotatable bonds is 8. The molecule has 1 aromatic heterocycles. The standard InChI is InChI=1S/C28H35N3O2/c1-21-8-6-17-30(21)18-7-19-33-25-15-13-24(14-16-25)31-26-12-5-2-9-22(26)20-27(31)28(32)29-23-10-3-4-11-23/h2,5,9,12-16,20-21,23H,3-4,6-8,10-11,17-19H2,1H3,(H,29,32). The van der Waals surface area contributed by atoms with Crippen LogP contribution in [0.5, 0.6) is 5.75 Å². The number of fused-ring (bicyclic) bond motifs is 1. The molecule has 1 atom stereocenters. The van der Waals surface area contributed by atoms with E-state index in [4.69, 9.17) is 4.74 Å². The van der Waals surface area contributed by atoms with Crippen molar-refractivity contribution in [3.8, 4) is 11.4 Å². The maximum atomic E-state index is 13.2. The Morgan fingerprint density at radius 3 is 2.58 bits per heavy atom. The summed E-state index contributed by atoms with van der Waals surface area (Å²) in [5.74, 6) is 0.885. The van der Waals surface area contributed by atoms with Crippen molar-refractivity contribution >= 4 is 16.8 Å². The van der Waals surface area contributed by atoms with E-state index in [1.807, 2.05) is 30.3 Å². The first kappa shape index (κ1) is 22.0. The minimum absolute atomic E-state index is 0.00886. The van der Waals surface area contributed by atoms with Crippen LogP contribution in [0.2, 0.25) is 0 Å². The highest BCUT2D eigenvalue weighted by Crippen LogP contribution is 2.27. The summed E-state index contributed by atoms with van der Waals surface area (Å²) in [7, 11) is 0. The van der Waals surface area contributed by atoms with E-state index in [0.717, 1.165) is 54.8 Å². The first-order valence-corrected chi connectivity index (χ1v) is 12.6. The molecule has 0 radical (unpaired) electrons. The largest absolute Gasteiger partial charge is 0.494 e. The molecule has 2 aromatic carbocycles. The molecule has 1 saturated heterocycles. The van der Waals surface area contributed by atoms with E-state index in [9.17, 15) is 4.79 Å². The highest BCUT2D eigenvalue weighted by atomic mass is 16.5. The highest BCUT2D eigenvalue weighted by Gasteiger charge is 2.22. The normalized spacial score (nSPS) is 19.4. The lowest BCUT2D eigenvalue weighted by molar-refractivity contribution is 0.0931. The van der Waals surface area contributed by atoms with Crippen LogP contribution in [0.4, 0.5) is 0 Å². The van der Waals surface area contributed by atoms with Gasteiger partial charge in [0, 0.05) is 29.7 Å². The number of amides is 1. The van der Waals surface area contributed by atoms with Gasteiger partial charge in [0.25, 0.3) is 5.91 Å². The number of nitrogens with one attached hydrogen (secondary N) is 1. The van der Waals surface area contributed by atoms with Crippen molar-refractivity contribution in [3.63, 3.8) is 0 Å². The van der Waals surface area contributed by atoms with E-state index < -0.39 is 0 Å². The van der Waals surface area contributed by atoms with Crippen LogP contribution in [0.15, 0.2) is 54.6 Å². The third-order valence-corrected chi connectivity index (χ3v) is 7.28. The molecule has 1 unspecified atom stereocenters. The molecule has 1 saturated carbocycles. The number of para-hydroxylation sites is 1. The van der Waals surface area contributed by atoms with Gasteiger partial charge >= 0.3 is 0 Å². The first-order chi connectivity index (χ1) is 16.2. The summed E-state index contributed by atoms with van der Waals surface area (Å²) in [5.41, 5.74) is 2.71. The minimum Gasteiger partial charge on any atom is -0.494 e. The summed E-state index contributed by atoms with van der Waals surface area (Å²) in [4.78, 5) is 15.7. The van der Waals surface area contributed by atoms with E-state index in [1.54, 1.807) is 0 Å². The van der Waals surface area contributed by atoms with Gasteiger partial charge in [-0.3, -0.25) is 4.79 Å². The summed E-state index contributed by atoms with van der Waals surface area (Å²) < 4.78 is 8.08. The van der Waals surface area contributed by atoms with Gasteiger partial charge in [0.1, 0.15) is 11.4 Å². The molecular formula is C28H35N3O2. The SMILES string of the molecule is CC1CCCN1CCCOc1ccc(-n2c(C(=O)NC3CCCC3)cc3ccccc32)cc1. The van der Waals surface area contributed by atoms with Crippen molar-refractivity contribution in [2.75, 3.05) is 19.7 Å². The Labute approximate surface area is 196 Å². The maximum Gasteiger partial charge on any atom is 0.268 e. The molecule has 2 heterocycles. The lowest BCUT2D eigenvalue weighted by Crippen LogP contribution is -2.33. The molecule has 5 heteroatoms. The van der Waals surface area contributed by atoms with Gasteiger partial charge in [-0.25, -0.2) is 0 Å². The molecule has 174 valence electrons. The molecule has 3 aromatic rings. The molecule has 5 nitrogen and oxygen atoms in total. The van der Waals surface area contributed by atoms with Crippen LogP contribution < -0.4 is 10.1 Å². The number of likely N-dealkylation sites (tertiary alicyclic amines) is 1. The fourth-order valence-electron chi connectivity index (χ4n) is 5.40. The summed E-state index contributed by atoms with van der Waals surface area (Å²) in [5, 5.41) is 4.32. The Hall–Kier alpha value is -2.79. The molecule has 0 spiro atoms. The number of aromatic nitrogens is 1. The van der Waals surface area contributed by atoms with E-state index in [0.29, 0.717) is 17.8 Å². The number of ether oxygens (including phenoxy) is 1. The lowest BCUT2D eigenvalue weighted by Gasteiger charge is -2.20. The Morgan fingerprint density at radius 1 is 1.03 bits per heavy atom. The van der Waals surface area contributed by atoms with E-state index in [-0.39, 0.29) is 5.91 Å². The smallest absolute Gasteiger partial charge is 0.268 e. The van der Waals surface area contributed by atoms with Gasteiger partial charge in [-0.05, 0) is 82.0 Å². The number of carbonyl (C=O) groups is 1. The van der Waals surface area contributed by atoms with Crippen LogP contribution in [0.1, 0.15) is 62.4 Å². The molecule has 0 bridgehead atoms. The summed E-state index contributed by atoms with van der Waals surface area (Å²) in [6, 6.07) is 19.3. The molecular weight excluding hydrogens is 410 g/mol. The summed E-state index contributed by atoms with van der Waals surface area (Å²) in [6.45, 7) is 5.37. The second kappa shape index (κ2) is 10.0. The average Bonchev–Trinajstić information content (AvgIpc) is 3.57. The lowest BCUT2D eigenvalue weighted by atomic mass is 10.2. The first-order valence-electron chi connectivity index (χ1n) is 12.6. The third-order valence-electron chi connectivity index (χ3n) is 7.28. The Kier molecular flexibility index (Phi) is 6.68. The van der Waals surface area contributed by atoms with Gasteiger partial charge in [-0.1, -0.05) is 31.0 Å². The van der Waals surface area contributed by atoms with Crippen molar-refractivity contribution in [1.82, 2.24) is 14.8 Å². The maximum absolute atomic E-state index is 13.2. The molecule has 1 aliphatic heterocycles. The fraction of sp³-hybridized carbons (Fsp3) is 0.464. The predicted octanol–water partition coefficient (Wildman–Crippen LogP) is 5.56. The Morgan fingerprint density at radius 2 is 1.82 bits per heavy atom. The molecule has 2 fully saturated rings. The monoisotopic (exact) mass is 445 g/mol. The van der Waals surface area contributed by atoms with Crippen molar-refractivity contribution in [2.24, 2.45) is 0 Å². The van der Waals surface area contributed by atoms with Crippen LogP contribution in [0.25, 0.3) is 16.6 Å². The average molecular weight is 446 g/mol. The third kappa shape index (κ3) is 4.93. The van der Waals surface area contributed by atoms with Crippen molar-refractivity contribution in [1.29, 1.82) is 0 Å². The van der Waals surface area contributed by atoms with Crippen molar-refractivity contribution in [3.05, 3.63) is 60.3 Å². The minimum atomic E-state index is 0.00886. The zero-order chi connectivity index (χ0) is 22.6. The van der Waals surface area contributed by atoms with Crippen LogP contribution in [0, 0.1) is 0 Å². The fourth-order valence-corrected chi connectivity index (χ4v) is 5.40.